The summed E-state index contributed by atoms with van der Waals surface area (Å²) in [5.41, 5.74) is 8.21. The first-order valence-corrected chi connectivity index (χ1v) is 8.36. The number of nitrogen functional groups attached to an aromatic ring is 1. The number of benzene rings is 1. The maximum Gasteiger partial charge on any atom is 0.0317 e. The van der Waals surface area contributed by atoms with Gasteiger partial charge in [-0.15, -0.1) is 0 Å². The van der Waals surface area contributed by atoms with Gasteiger partial charge in [-0.1, -0.05) is 18.6 Å². The van der Waals surface area contributed by atoms with Crippen LogP contribution in [0.25, 0.3) is 0 Å². The second kappa shape index (κ2) is 5.07. The smallest absolute Gasteiger partial charge is 0.0317 e. The highest BCUT2D eigenvalue weighted by molar-refractivity contribution is 5.40. The van der Waals surface area contributed by atoms with Crippen LogP contribution < -0.4 is 5.73 Å². The van der Waals surface area contributed by atoms with Crippen LogP contribution in [0.1, 0.15) is 44.1 Å². The van der Waals surface area contributed by atoms with E-state index in [4.69, 9.17) is 5.73 Å². The maximum atomic E-state index is 5.92. The van der Waals surface area contributed by atoms with Crippen LogP contribution in [0, 0.1) is 17.8 Å². The molecule has 0 spiro atoms. The molecule has 2 heteroatoms. The minimum atomic E-state index is 0.857. The van der Waals surface area contributed by atoms with Gasteiger partial charge in [-0.05, 0) is 67.6 Å². The lowest BCUT2D eigenvalue weighted by atomic mass is 9.88. The summed E-state index contributed by atoms with van der Waals surface area (Å²) in [4.78, 5) is 2.75. The van der Waals surface area contributed by atoms with Crippen molar-refractivity contribution in [3.63, 3.8) is 0 Å². The van der Waals surface area contributed by atoms with Crippen LogP contribution in [0.4, 0.5) is 5.69 Å². The van der Waals surface area contributed by atoms with Gasteiger partial charge in [0.15, 0.2) is 0 Å². The van der Waals surface area contributed by atoms with Gasteiger partial charge in [0.2, 0.25) is 0 Å². The molecule has 1 aromatic rings. The topological polar surface area (TPSA) is 29.3 Å². The molecule has 108 valence electrons. The van der Waals surface area contributed by atoms with Crippen molar-refractivity contribution in [2.75, 3.05) is 12.3 Å². The zero-order valence-electron chi connectivity index (χ0n) is 12.3. The number of nitrogens with zero attached hydrogens (tertiary/aromatic N) is 1. The number of rotatable bonds is 5. The van der Waals surface area contributed by atoms with E-state index >= 15 is 0 Å². The van der Waals surface area contributed by atoms with Gasteiger partial charge in [0, 0.05) is 24.8 Å². The van der Waals surface area contributed by atoms with E-state index < -0.39 is 0 Å². The van der Waals surface area contributed by atoms with Gasteiger partial charge in [0.25, 0.3) is 0 Å². The van der Waals surface area contributed by atoms with Crippen LogP contribution in [-0.4, -0.2) is 17.5 Å². The van der Waals surface area contributed by atoms with Gasteiger partial charge in [-0.25, -0.2) is 0 Å². The third-order valence-corrected chi connectivity index (χ3v) is 5.75. The molecule has 3 saturated carbocycles. The number of nitrogens with two attached hydrogens (primary N) is 1. The largest absolute Gasteiger partial charge is 0.399 e. The van der Waals surface area contributed by atoms with Crippen LogP contribution in [0.5, 0.6) is 0 Å². The van der Waals surface area contributed by atoms with Crippen LogP contribution in [0.3, 0.4) is 0 Å². The van der Waals surface area contributed by atoms with Gasteiger partial charge in [0.05, 0.1) is 0 Å². The fraction of sp³-hybridized carbons (Fsp3) is 0.667. The zero-order chi connectivity index (χ0) is 13.5. The monoisotopic (exact) mass is 270 g/mol. The fourth-order valence-electron chi connectivity index (χ4n) is 4.61. The van der Waals surface area contributed by atoms with Crippen molar-refractivity contribution in [3.8, 4) is 0 Å². The highest BCUT2D eigenvalue weighted by atomic mass is 15.2. The molecule has 3 atom stereocenters. The minimum Gasteiger partial charge on any atom is -0.399 e. The van der Waals surface area contributed by atoms with E-state index in [9.17, 15) is 0 Å². The van der Waals surface area contributed by atoms with E-state index in [2.05, 4.69) is 23.1 Å². The Kier molecular flexibility index (Phi) is 3.22. The Morgan fingerprint density at radius 3 is 2.65 bits per heavy atom. The van der Waals surface area contributed by atoms with Gasteiger partial charge in [-0.3, -0.25) is 4.90 Å². The number of hydrogen-bond acceptors (Lipinski definition) is 2. The Morgan fingerprint density at radius 2 is 2.00 bits per heavy atom. The Labute approximate surface area is 122 Å². The second-order valence-electron chi connectivity index (χ2n) is 7.34. The molecule has 0 amide bonds. The molecule has 2 N–H and O–H groups in total. The summed E-state index contributed by atoms with van der Waals surface area (Å²) >= 11 is 0. The fourth-order valence-corrected chi connectivity index (χ4v) is 4.61. The van der Waals surface area contributed by atoms with Crippen molar-refractivity contribution in [1.82, 2.24) is 4.90 Å². The van der Waals surface area contributed by atoms with E-state index in [0.717, 1.165) is 36.0 Å². The molecule has 0 aliphatic heterocycles. The van der Waals surface area contributed by atoms with Crippen molar-refractivity contribution < 1.29 is 0 Å². The molecular formula is C18H26N2. The quantitative estimate of drug-likeness (QED) is 0.827. The summed E-state index contributed by atoms with van der Waals surface area (Å²) in [6.07, 6.45) is 8.87. The van der Waals surface area contributed by atoms with Gasteiger partial charge in [-0.2, -0.15) is 0 Å². The van der Waals surface area contributed by atoms with Crippen molar-refractivity contribution in [2.45, 2.75) is 51.1 Å². The van der Waals surface area contributed by atoms with Crippen molar-refractivity contribution >= 4 is 5.69 Å². The minimum absolute atomic E-state index is 0.857. The molecule has 1 aromatic carbocycles. The van der Waals surface area contributed by atoms with Gasteiger partial charge in [0.1, 0.15) is 0 Å². The molecule has 4 rings (SSSR count). The highest BCUT2D eigenvalue weighted by Crippen LogP contribution is 2.49. The van der Waals surface area contributed by atoms with E-state index in [0.29, 0.717) is 0 Å². The third kappa shape index (κ3) is 2.58. The Balaban J connectivity index is 1.42. The standard InChI is InChI=1S/C18H26N2/c19-17-3-1-2-14(10-17)11-20(18-6-7-18)12-16-9-13-4-5-15(16)8-13/h1-3,10,13,15-16,18H,4-9,11-12,19H2. The molecule has 0 saturated heterocycles. The predicted molar refractivity (Wildman–Crippen MR) is 83.2 cm³/mol. The molecule has 0 aromatic heterocycles. The van der Waals surface area contributed by atoms with Crippen molar-refractivity contribution in [1.29, 1.82) is 0 Å². The number of anilines is 1. The SMILES string of the molecule is Nc1cccc(CN(CC2CC3CCC2C3)C2CC2)c1. The van der Waals surface area contributed by atoms with Crippen LogP contribution in [-0.2, 0) is 6.54 Å². The molecule has 3 aliphatic carbocycles. The van der Waals surface area contributed by atoms with Crippen LogP contribution >= 0.6 is 0 Å². The maximum absolute atomic E-state index is 5.92. The van der Waals surface area contributed by atoms with Gasteiger partial charge >= 0.3 is 0 Å². The van der Waals surface area contributed by atoms with Crippen LogP contribution in [0.2, 0.25) is 0 Å². The summed E-state index contributed by atoms with van der Waals surface area (Å²) in [6.45, 7) is 2.43. The molecule has 2 bridgehead atoms. The number of fused-ring (bicyclic) bond motifs is 2. The molecule has 0 heterocycles. The Hall–Kier alpha value is -1.02. The van der Waals surface area contributed by atoms with Gasteiger partial charge < -0.3 is 5.73 Å². The van der Waals surface area contributed by atoms with E-state index in [1.54, 1.807) is 0 Å². The first-order chi connectivity index (χ1) is 9.78. The third-order valence-electron chi connectivity index (χ3n) is 5.75. The Morgan fingerprint density at radius 1 is 1.10 bits per heavy atom. The lowest BCUT2D eigenvalue weighted by Crippen LogP contribution is -2.33. The average molecular weight is 270 g/mol. The van der Waals surface area contributed by atoms with E-state index in [-0.39, 0.29) is 0 Å². The summed E-state index contributed by atoms with van der Waals surface area (Å²) < 4.78 is 0. The normalized spacial score (nSPS) is 32.1. The molecule has 20 heavy (non-hydrogen) atoms. The lowest BCUT2D eigenvalue weighted by Gasteiger charge is -2.30. The van der Waals surface area contributed by atoms with Crippen LogP contribution in [0.15, 0.2) is 24.3 Å². The molecule has 3 fully saturated rings. The first-order valence-electron chi connectivity index (χ1n) is 8.36. The highest BCUT2D eigenvalue weighted by Gasteiger charge is 2.41. The first kappa shape index (κ1) is 12.7. The van der Waals surface area contributed by atoms with Crippen molar-refractivity contribution in [3.05, 3.63) is 29.8 Å². The molecule has 3 unspecified atom stereocenters. The summed E-state index contributed by atoms with van der Waals surface area (Å²) in [6, 6.07) is 9.31. The molecule has 3 aliphatic rings. The predicted octanol–water partition coefficient (Wildman–Crippen LogP) is 3.67. The molecular weight excluding hydrogens is 244 g/mol. The summed E-state index contributed by atoms with van der Waals surface area (Å²) in [5.74, 6) is 3.09. The van der Waals surface area contributed by atoms with Crippen molar-refractivity contribution in [2.24, 2.45) is 17.8 Å². The number of hydrogen-bond donors (Lipinski definition) is 1. The zero-order valence-corrected chi connectivity index (χ0v) is 12.3. The summed E-state index contributed by atoms with van der Waals surface area (Å²) in [5, 5.41) is 0. The molecule has 0 radical (unpaired) electrons. The Bertz CT molecular complexity index is 480. The average Bonchev–Trinajstić information content (AvgIpc) is 3.08. The van der Waals surface area contributed by atoms with E-state index in [1.807, 2.05) is 6.07 Å². The lowest BCUT2D eigenvalue weighted by molar-refractivity contribution is 0.176. The molecule has 2 nitrogen and oxygen atoms in total. The van der Waals surface area contributed by atoms with E-state index in [1.165, 1.54) is 50.6 Å². The summed E-state index contributed by atoms with van der Waals surface area (Å²) in [7, 11) is 0. The second-order valence-corrected chi connectivity index (χ2v) is 7.34.